The van der Waals surface area contributed by atoms with Gasteiger partial charge < -0.3 is 10.1 Å². The third-order valence-electron chi connectivity index (χ3n) is 5.54. The van der Waals surface area contributed by atoms with E-state index in [1.807, 2.05) is 49.4 Å². The maximum absolute atomic E-state index is 13.0. The number of hydrogen-bond donors (Lipinski definition) is 1. The second-order valence-electron chi connectivity index (χ2n) is 7.76. The number of aryl methyl sites for hydroxylation is 1. The third-order valence-corrected chi connectivity index (χ3v) is 7.44. The number of hydrogen-bond acceptors (Lipinski definition) is 4. The molecule has 0 unspecified atom stereocenters. The van der Waals surface area contributed by atoms with Crippen LogP contribution in [0.5, 0.6) is 5.75 Å². The van der Waals surface area contributed by atoms with Crippen LogP contribution in [0.4, 0.5) is 5.69 Å². The summed E-state index contributed by atoms with van der Waals surface area (Å²) in [5.41, 5.74) is 1.26. The summed E-state index contributed by atoms with van der Waals surface area (Å²) in [6, 6.07) is 18.4. The quantitative estimate of drug-likeness (QED) is 0.621. The highest BCUT2D eigenvalue weighted by molar-refractivity contribution is 7.89. The van der Waals surface area contributed by atoms with E-state index in [0.29, 0.717) is 24.5 Å². The van der Waals surface area contributed by atoms with E-state index in [4.69, 9.17) is 4.74 Å². The summed E-state index contributed by atoms with van der Waals surface area (Å²) in [5.74, 6) is 0.287. The predicted molar refractivity (Wildman–Crippen MR) is 122 cm³/mol. The second kappa shape index (κ2) is 9.08. The van der Waals surface area contributed by atoms with E-state index >= 15 is 0 Å². The molecule has 1 heterocycles. The molecular formula is C24H26N2O4S. The maximum Gasteiger partial charge on any atom is 0.262 e. The lowest BCUT2D eigenvalue weighted by atomic mass is 10.1. The van der Waals surface area contributed by atoms with Crippen molar-refractivity contribution < 1.29 is 17.9 Å². The van der Waals surface area contributed by atoms with Gasteiger partial charge in [-0.2, -0.15) is 4.31 Å². The summed E-state index contributed by atoms with van der Waals surface area (Å²) in [4.78, 5) is 12.7. The van der Waals surface area contributed by atoms with Gasteiger partial charge in [-0.05, 0) is 48.9 Å². The van der Waals surface area contributed by atoms with Crippen LogP contribution in [0.25, 0.3) is 10.8 Å². The molecule has 1 N–H and O–H groups in total. The summed E-state index contributed by atoms with van der Waals surface area (Å²) in [6.45, 7) is 2.74. The van der Waals surface area contributed by atoms with Crippen LogP contribution in [0, 0.1) is 6.92 Å². The molecule has 1 fully saturated rings. The number of nitrogens with one attached hydrogen (secondary N) is 1. The van der Waals surface area contributed by atoms with E-state index in [1.165, 1.54) is 10.4 Å². The summed E-state index contributed by atoms with van der Waals surface area (Å²) >= 11 is 0. The highest BCUT2D eigenvalue weighted by Crippen LogP contribution is 2.27. The first kappa shape index (κ1) is 21.3. The van der Waals surface area contributed by atoms with Crippen molar-refractivity contribution in [3.8, 4) is 5.75 Å². The molecule has 0 atom stereocenters. The van der Waals surface area contributed by atoms with Crippen LogP contribution in [0.15, 0.2) is 65.6 Å². The van der Waals surface area contributed by atoms with Crippen molar-refractivity contribution in [2.24, 2.45) is 0 Å². The topological polar surface area (TPSA) is 75.7 Å². The Morgan fingerprint density at radius 2 is 1.74 bits per heavy atom. The van der Waals surface area contributed by atoms with Crippen molar-refractivity contribution in [1.82, 2.24) is 4.31 Å². The average Bonchev–Trinajstić information content (AvgIpc) is 2.79. The molecule has 6 nitrogen and oxygen atoms in total. The van der Waals surface area contributed by atoms with Gasteiger partial charge in [-0.15, -0.1) is 0 Å². The zero-order chi connectivity index (χ0) is 21.8. The van der Waals surface area contributed by atoms with Gasteiger partial charge in [-0.25, -0.2) is 8.42 Å². The van der Waals surface area contributed by atoms with Crippen molar-refractivity contribution in [3.63, 3.8) is 0 Å². The minimum Gasteiger partial charge on any atom is -0.483 e. The second-order valence-corrected chi connectivity index (χ2v) is 9.69. The first-order valence-corrected chi connectivity index (χ1v) is 11.9. The van der Waals surface area contributed by atoms with Gasteiger partial charge in [0, 0.05) is 24.2 Å². The smallest absolute Gasteiger partial charge is 0.262 e. The van der Waals surface area contributed by atoms with Gasteiger partial charge in [0.15, 0.2) is 6.61 Å². The van der Waals surface area contributed by atoms with E-state index in [1.54, 1.807) is 12.1 Å². The van der Waals surface area contributed by atoms with Crippen molar-refractivity contribution in [1.29, 1.82) is 0 Å². The van der Waals surface area contributed by atoms with Crippen molar-refractivity contribution in [2.75, 3.05) is 25.0 Å². The zero-order valence-electron chi connectivity index (χ0n) is 17.5. The van der Waals surface area contributed by atoms with E-state index in [0.717, 1.165) is 35.6 Å². The van der Waals surface area contributed by atoms with Crippen LogP contribution in [0.2, 0.25) is 0 Å². The number of amides is 1. The number of carbonyl (C=O) groups excluding carboxylic acids is 1. The Hall–Kier alpha value is -2.90. The number of rotatable bonds is 6. The molecule has 3 aromatic carbocycles. The Morgan fingerprint density at radius 1 is 1.00 bits per heavy atom. The molecule has 0 aliphatic carbocycles. The SMILES string of the molecule is Cc1ccc(S(=O)(=O)N2CCCCC2)cc1NC(=O)COc1cccc2ccccc12. The molecule has 4 rings (SSSR count). The minimum atomic E-state index is -3.57. The van der Waals surface area contributed by atoms with Gasteiger partial charge in [-0.3, -0.25) is 4.79 Å². The molecule has 3 aromatic rings. The summed E-state index contributed by atoms with van der Waals surface area (Å²) in [6.07, 6.45) is 2.80. The van der Waals surface area contributed by atoms with E-state index in [2.05, 4.69) is 5.32 Å². The number of anilines is 1. The number of carbonyl (C=O) groups is 1. The van der Waals surface area contributed by atoms with Gasteiger partial charge in [0.25, 0.3) is 5.91 Å². The maximum atomic E-state index is 13.0. The van der Waals surface area contributed by atoms with Gasteiger partial charge >= 0.3 is 0 Å². The normalized spacial score (nSPS) is 15.0. The van der Waals surface area contributed by atoms with Crippen molar-refractivity contribution in [2.45, 2.75) is 31.1 Å². The number of benzene rings is 3. The Labute approximate surface area is 182 Å². The molecule has 0 aromatic heterocycles. The molecular weight excluding hydrogens is 412 g/mol. The molecule has 162 valence electrons. The summed E-state index contributed by atoms with van der Waals surface area (Å²) in [5, 5.41) is 4.77. The van der Waals surface area contributed by atoms with E-state index < -0.39 is 10.0 Å². The minimum absolute atomic E-state index is 0.170. The monoisotopic (exact) mass is 438 g/mol. The molecule has 1 saturated heterocycles. The van der Waals surface area contributed by atoms with Gasteiger partial charge in [0.05, 0.1) is 4.90 Å². The first-order valence-electron chi connectivity index (χ1n) is 10.5. The molecule has 31 heavy (non-hydrogen) atoms. The fraction of sp³-hybridized carbons (Fsp3) is 0.292. The number of sulfonamides is 1. The Bertz CT molecular complexity index is 1200. The van der Waals surface area contributed by atoms with Crippen molar-refractivity contribution >= 4 is 32.4 Å². The molecule has 1 aliphatic heterocycles. The van der Waals surface area contributed by atoms with Crippen LogP contribution >= 0.6 is 0 Å². The molecule has 0 saturated carbocycles. The van der Waals surface area contributed by atoms with E-state index in [-0.39, 0.29) is 17.4 Å². The third kappa shape index (κ3) is 4.73. The fourth-order valence-corrected chi connectivity index (χ4v) is 5.35. The largest absolute Gasteiger partial charge is 0.483 e. The number of piperidine rings is 1. The predicted octanol–water partition coefficient (Wildman–Crippen LogP) is 4.34. The molecule has 0 bridgehead atoms. The lowest BCUT2D eigenvalue weighted by Crippen LogP contribution is -2.35. The molecule has 1 amide bonds. The highest BCUT2D eigenvalue weighted by Gasteiger charge is 2.26. The summed E-state index contributed by atoms with van der Waals surface area (Å²) < 4.78 is 33.2. The molecule has 0 spiro atoms. The number of fused-ring (bicyclic) bond motifs is 1. The fourth-order valence-electron chi connectivity index (χ4n) is 3.80. The van der Waals surface area contributed by atoms with Crippen LogP contribution in [-0.4, -0.2) is 38.3 Å². The molecule has 7 heteroatoms. The van der Waals surface area contributed by atoms with Crippen LogP contribution in [-0.2, 0) is 14.8 Å². The Morgan fingerprint density at radius 3 is 2.55 bits per heavy atom. The number of ether oxygens (including phenoxy) is 1. The molecule has 1 aliphatic rings. The van der Waals surface area contributed by atoms with Crippen LogP contribution in [0.1, 0.15) is 24.8 Å². The first-order chi connectivity index (χ1) is 14.9. The van der Waals surface area contributed by atoms with Crippen LogP contribution < -0.4 is 10.1 Å². The van der Waals surface area contributed by atoms with Gasteiger partial charge in [0.1, 0.15) is 5.75 Å². The Kier molecular flexibility index (Phi) is 6.25. The summed E-state index contributed by atoms with van der Waals surface area (Å²) in [7, 11) is -3.57. The van der Waals surface area contributed by atoms with Gasteiger partial charge in [0.2, 0.25) is 10.0 Å². The lowest BCUT2D eigenvalue weighted by Gasteiger charge is -2.26. The average molecular weight is 439 g/mol. The number of nitrogens with zero attached hydrogens (tertiary/aromatic N) is 1. The zero-order valence-corrected chi connectivity index (χ0v) is 18.3. The van der Waals surface area contributed by atoms with E-state index in [9.17, 15) is 13.2 Å². The standard InChI is InChI=1S/C24H26N2O4S/c1-18-12-13-20(31(28,29)26-14-5-2-6-15-26)16-22(18)25-24(27)17-30-23-11-7-9-19-8-3-4-10-21(19)23/h3-4,7-13,16H,2,5-6,14-15,17H2,1H3,(H,25,27). The highest BCUT2D eigenvalue weighted by atomic mass is 32.2. The van der Waals surface area contributed by atoms with Crippen molar-refractivity contribution in [3.05, 3.63) is 66.2 Å². The van der Waals surface area contributed by atoms with Gasteiger partial charge in [-0.1, -0.05) is 48.9 Å². The molecule has 0 radical (unpaired) electrons. The Balaban J connectivity index is 1.47. The lowest BCUT2D eigenvalue weighted by molar-refractivity contribution is -0.118. The van der Waals surface area contributed by atoms with Crippen LogP contribution in [0.3, 0.4) is 0 Å².